The predicted molar refractivity (Wildman–Crippen MR) is 84.3 cm³/mol. The highest BCUT2D eigenvalue weighted by Gasteiger charge is 2.40. The van der Waals surface area contributed by atoms with Gasteiger partial charge < -0.3 is 0 Å². The van der Waals surface area contributed by atoms with Gasteiger partial charge in [0, 0.05) is 25.2 Å². The topological polar surface area (TPSA) is 49.4 Å². The SMILES string of the molecule is C[C@@H]1CN(C2CC2)C[C@H]1NS(=O)(=O)c1c(Cl)cccc1Cl. The second-order valence-electron chi connectivity index (χ2n) is 5.94. The van der Waals surface area contributed by atoms with Crippen molar-refractivity contribution in [2.45, 2.75) is 36.7 Å². The number of nitrogens with one attached hydrogen (secondary N) is 1. The van der Waals surface area contributed by atoms with Crippen LogP contribution in [0, 0.1) is 5.92 Å². The summed E-state index contributed by atoms with van der Waals surface area (Å²) in [4.78, 5) is 2.34. The minimum Gasteiger partial charge on any atom is -0.298 e. The van der Waals surface area contributed by atoms with Gasteiger partial charge in [-0.15, -0.1) is 0 Å². The first-order chi connectivity index (χ1) is 9.88. The summed E-state index contributed by atoms with van der Waals surface area (Å²) in [6.45, 7) is 3.77. The molecule has 1 aromatic carbocycles. The Morgan fingerprint density at radius 2 is 1.81 bits per heavy atom. The Hall–Kier alpha value is -0.330. The summed E-state index contributed by atoms with van der Waals surface area (Å²) in [5.41, 5.74) is 0. The van der Waals surface area contributed by atoms with E-state index in [1.54, 1.807) is 6.07 Å². The first kappa shape index (κ1) is 15.6. The fourth-order valence-corrected chi connectivity index (χ4v) is 5.37. The monoisotopic (exact) mass is 348 g/mol. The molecule has 1 aromatic rings. The molecule has 0 radical (unpaired) electrons. The number of halogens is 2. The smallest absolute Gasteiger partial charge is 0.243 e. The maximum absolute atomic E-state index is 12.6. The number of benzene rings is 1. The first-order valence-corrected chi connectivity index (χ1v) is 9.33. The molecule has 2 atom stereocenters. The van der Waals surface area contributed by atoms with Gasteiger partial charge in [0.2, 0.25) is 10.0 Å². The van der Waals surface area contributed by atoms with E-state index in [9.17, 15) is 8.42 Å². The minimum absolute atomic E-state index is 0.0228. The van der Waals surface area contributed by atoms with Crippen molar-refractivity contribution in [2.24, 2.45) is 5.92 Å². The van der Waals surface area contributed by atoms with Crippen LogP contribution in [0.3, 0.4) is 0 Å². The molecule has 1 saturated carbocycles. The van der Waals surface area contributed by atoms with E-state index in [0.717, 1.165) is 13.1 Å². The number of likely N-dealkylation sites (tertiary alicyclic amines) is 1. The summed E-state index contributed by atoms with van der Waals surface area (Å²) in [5, 5.41) is 0.305. The normalized spacial score (nSPS) is 27.2. The number of rotatable bonds is 4. The van der Waals surface area contributed by atoms with Crippen LogP contribution < -0.4 is 4.72 Å². The molecule has 2 aliphatic rings. The maximum atomic E-state index is 12.6. The maximum Gasteiger partial charge on any atom is 0.243 e. The zero-order chi connectivity index (χ0) is 15.2. The summed E-state index contributed by atoms with van der Waals surface area (Å²) >= 11 is 12.0. The van der Waals surface area contributed by atoms with Crippen LogP contribution in [0.15, 0.2) is 23.1 Å². The van der Waals surface area contributed by atoms with Gasteiger partial charge in [0.25, 0.3) is 0 Å². The van der Waals surface area contributed by atoms with Crippen molar-refractivity contribution in [2.75, 3.05) is 13.1 Å². The lowest BCUT2D eigenvalue weighted by Crippen LogP contribution is -2.40. The van der Waals surface area contributed by atoms with E-state index in [-0.39, 0.29) is 26.9 Å². The van der Waals surface area contributed by atoms with Gasteiger partial charge in [-0.1, -0.05) is 36.2 Å². The predicted octanol–water partition coefficient (Wildman–Crippen LogP) is 2.75. The third-order valence-electron chi connectivity index (χ3n) is 4.20. The second kappa shape index (κ2) is 5.70. The molecule has 1 heterocycles. The highest BCUT2D eigenvalue weighted by atomic mass is 35.5. The minimum atomic E-state index is -3.71. The lowest BCUT2D eigenvalue weighted by molar-refractivity contribution is 0.315. The van der Waals surface area contributed by atoms with Gasteiger partial charge in [-0.3, -0.25) is 4.90 Å². The summed E-state index contributed by atoms with van der Waals surface area (Å²) in [6, 6.07) is 5.26. The van der Waals surface area contributed by atoms with E-state index in [1.165, 1.54) is 25.0 Å². The molecule has 0 amide bonds. The van der Waals surface area contributed by atoms with Crippen LogP contribution in [0.4, 0.5) is 0 Å². The van der Waals surface area contributed by atoms with Crippen LogP contribution in [-0.4, -0.2) is 38.5 Å². The average Bonchev–Trinajstić information content (AvgIpc) is 3.15. The van der Waals surface area contributed by atoms with Gasteiger partial charge in [-0.05, 0) is 30.9 Å². The summed E-state index contributed by atoms with van der Waals surface area (Å²) in [6.07, 6.45) is 2.45. The Labute approximate surface area is 135 Å². The van der Waals surface area contributed by atoms with Crippen molar-refractivity contribution in [3.05, 3.63) is 28.2 Å². The van der Waals surface area contributed by atoms with Gasteiger partial charge >= 0.3 is 0 Å². The van der Waals surface area contributed by atoms with Crippen LogP contribution >= 0.6 is 23.2 Å². The van der Waals surface area contributed by atoms with Crippen molar-refractivity contribution in [1.29, 1.82) is 0 Å². The molecule has 7 heteroatoms. The van der Waals surface area contributed by atoms with Gasteiger partial charge in [0.1, 0.15) is 4.90 Å². The molecular formula is C14H18Cl2N2O2S. The quantitative estimate of drug-likeness (QED) is 0.909. The third kappa shape index (κ3) is 3.22. The summed E-state index contributed by atoms with van der Waals surface area (Å²) in [5.74, 6) is 0.279. The molecule has 1 aliphatic heterocycles. The van der Waals surface area contributed by atoms with Crippen LogP contribution in [0.25, 0.3) is 0 Å². The Morgan fingerprint density at radius 3 is 2.38 bits per heavy atom. The standard InChI is InChI=1S/C14H18Cl2N2O2S/c1-9-7-18(10-5-6-10)8-13(9)17-21(19,20)14-11(15)3-2-4-12(14)16/h2-4,9-10,13,17H,5-8H2,1H3/t9-,13-/m1/s1. The molecule has 2 fully saturated rings. The zero-order valence-electron chi connectivity index (χ0n) is 11.7. The number of sulfonamides is 1. The van der Waals surface area contributed by atoms with Crippen molar-refractivity contribution >= 4 is 33.2 Å². The highest BCUT2D eigenvalue weighted by Crippen LogP contribution is 2.33. The van der Waals surface area contributed by atoms with Gasteiger partial charge in [0.15, 0.2) is 0 Å². The van der Waals surface area contributed by atoms with Crippen molar-refractivity contribution in [3.63, 3.8) is 0 Å². The molecule has 1 saturated heterocycles. The van der Waals surface area contributed by atoms with Crippen LogP contribution in [0.2, 0.25) is 10.0 Å². The van der Waals surface area contributed by atoms with E-state index in [4.69, 9.17) is 23.2 Å². The lowest BCUT2D eigenvalue weighted by Gasteiger charge is -2.18. The molecule has 4 nitrogen and oxygen atoms in total. The summed E-state index contributed by atoms with van der Waals surface area (Å²) < 4.78 is 27.9. The number of nitrogens with zero attached hydrogens (tertiary/aromatic N) is 1. The highest BCUT2D eigenvalue weighted by molar-refractivity contribution is 7.89. The number of hydrogen-bond acceptors (Lipinski definition) is 3. The van der Waals surface area contributed by atoms with E-state index in [0.29, 0.717) is 6.04 Å². The zero-order valence-corrected chi connectivity index (χ0v) is 14.0. The molecule has 116 valence electrons. The largest absolute Gasteiger partial charge is 0.298 e. The molecule has 0 aromatic heterocycles. The van der Waals surface area contributed by atoms with Crippen LogP contribution in [0.1, 0.15) is 19.8 Å². The van der Waals surface area contributed by atoms with Crippen molar-refractivity contribution in [1.82, 2.24) is 9.62 Å². The second-order valence-corrected chi connectivity index (χ2v) is 8.41. The van der Waals surface area contributed by atoms with Gasteiger partial charge in [0.05, 0.1) is 10.0 Å². The van der Waals surface area contributed by atoms with E-state index in [1.807, 2.05) is 0 Å². The Morgan fingerprint density at radius 1 is 1.19 bits per heavy atom. The Balaban J connectivity index is 1.80. The third-order valence-corrected chi connectivity index (χ3v) is 6.64. The molecule has 0 bridgehead atoms. The molecule has 1 N–H and O–H groups in total. The van der Waals surface area contributed by atoms with Crippen LogP contribution in [0.5, 0.6) is 0 Å². The van der Waals surface area contributed by atoms with E-state index >= 15 is 0 Å². The van der Waals surface area contributed by atoms with E-state index < -0.39 is 10.0 Å². The molecule has 0 unspecified atom stereocenters. The lowest BCUT2D eigenvalue weighted by atomic mass is 10.1. The Kier molecular flexibility index (Phi) is 4.23. The van der Waals surface area contributed by atoms with Crippen molar-refractivity contribution < 1.29 is 8.42 Å². The molecule has 0 spiro atoms. The molecular weight excluding hydrogens is 331 g/mol. The average molecular weight is 349 g/mol. The van der Waals surface area contributed by atoms with Crippen LogP contribution in [-0.2, 0) is 10.0 Å². The van der Waals surface area contributed by atoms with Gasteiger partial charge in [-0.2, -0.15) is 0 Å². The Bertz CT molecular complexity index is 626. The van der Waals surface area contributed by atoms with Crippen molar-refractivity contribution in [3.8, 4) is 0 Å². The van der Waals surface area contributed by atoms with E-state index in [2.05, 4.69) is 16.5 Å². The number of hydrogen-bond donors (Lipinski definition) is 1. The molecule has 3 rings (SSSR count). The summed E-state index contributed by atoms with van der Waals surface area (Å²) in [7, 11) is -3.71. The molecule has 1 aliphatic carbocycles. The fraction of sp³-hybridized carbons (Fsp3) is 0.571. The molecule has 21 heavy (non-hydrogen) atoms. The van der Waals surface area contributed by atoms with Gasteiger partial charge in [-0.25, -0.2) is 13.1 Å². The first-order valence-electron chi connectivity index (χ1n) is 7.09. The fourth-order valence-electron chi connectivity index (χ4n) is 2.89.